The van der Waals surface area contributed by atoms with Gasteiger partial charge in [-0.1, -0.05) is 133 Å². The van der Waals surface area contributed by atoms with Gasteiger partial charge in [-0.3, -0.25) is 5.32 Å². The van der Waals surface area contributed by atoms with Gasteiger partial charge in [0, 0.05) is 26.9 Å². The minimum Gasteiger partial charge on any atom is -0.398 e. The third-order valence-electron chi connectivity index (χ3n) is 7.65. The van der Waals surface area contributed by atoms with Crippen molar-refractivity contribution in [2.75, 3.05) is 5.73 Å². The topological polar surface area (TPSA) is 72.2 Å². The number of nitrogens with two attached hydrogens (primary N) is 1. The van der Waals surface area contributed by atoms with E-state index in [1.165, 1.54) is 0 Å². The summed E-state index contributed by atoms with van der Waals surface area (Å²) in [5.41, 5.74) is 9.03. The first-order valence-corrected chi connectivity index (χ1v) is 16.6. The maximum absolute atomic E-state index is 15.6. The van der Waals surface area contributed by atoms with Crippen LogP contribution < -0.4 is 32.3 Å². The average molecular weight is 549 g/mol. The molecule has 0 fully saturated rings. The van der Waals surface area contributed by atoms with Crippen LogP contribution in [-0.4, -0.2) is 5.78 Å². The number of fused-ring (bicyclic) bond motifs is 1. The van der Waals surface area contributed by atoms with Gasteiger partial charge in [-0.25, -0.2) is 0 Å². The maximum atomic E-state index is 15.6. The second-order valence-corrected chi connectivity index (χ2v) is 15.7. The maximum Gasteiger partial charge on any atom is 0.163 e. The van der Waals surface area contributed by atoms with Gasteiger partial charge in [0.1, 0.15) is 0 Å². The van der Waals surface area contributed by atoms with Gasteiger partial charge in [-0.2, -0.15) is 0 Å². The number of hydrogen-bond donors (Lipinski definition) is 2. The van der Waals surface area contributed by atoms with Crippen molar-refractivity contribution in [3.8, 4) is 0 Å². The van der Waals surface area contributed by atoms with Crippen LogP contribution in [0.2, 0.25) is 0 Å². The predicted octanol–water partition coefficient (Wildman–Crippen LogP) is 5.77. The number of rotatable bonds is 6. The van der Waals surface area contributed by atoms with Crippen LogP contribution in [0.1, 0.15) is 16.9 Å². The van der Waals surface area contributed by atoms with E-state index >= 15 is 9.13 Å². The van der Waals surface area contributed by atoms with Gasteiger partial charge >= 0.3 is 0 Å². The van der Waals surface area contributed by atoms with Gasteiger partial charge in [0.15, 0.2) is 14.3 Å². The molecule has 0 aliphatic carbocycles. The molecule has 39 heavy (non-hydrogen) atoms. The highest BCUT2D eigenvalue weighted by atomic mass is 31.2. The standard InChI is InChI=1S/C33H30N2O2P2/c34-31-23-13-22-29-30(31)24-32(38(36,25-14-5-1-6-15-25)26-16-7-2-8-17-26)35-33(29)39(37,27-18-9-3-10-19-27)28-20-11-4-12-21-28/h1-23,32-33,35H,24,34H2. The highest BCUT2D eigenvalue weighted by molar-refractivity contribution is 7.80. The number of nitrogen functional groups attached to an aromatic ring is 1. The smallest absolute Gasteiger partial charge is 0.163 e. The zero-order valence-electron chi connectivity index (χ0n) is 21.4. The molecule has 5 aromatic carbocycles. The summed E-state index contributed by atoms with van der Waals surface area (Å²) in [6, 6.07) is 44.4. The molecule has 0 saturated heterocycles. The van der Waals surface area contributed by atoms with Crippen LogP contribution in [-0.2, 0) is 15.6 Å². The Labute approximate surface area is 229 Å². The van der Waals surface area contributed by atoms with Crippen molar-refractivity contribution in [1.82, 2.24) is 5.32 Å². The fourth-order valence-corrected chi connectivity index (χ4v) is 12.0. The molecule has 0 aromatic heterocycles. The first-order chi connectivity index (χ1) is 19.0. The molecule has 0 radical (unpaired) electrons. The van der Waals surface area contributed by atoms with Gasteiger partial charge in [0.05, 0.1) is 11.6 Å². The van der Waals surface area contributed by atoms with Crippen LogP contribution in [0.15, 0.2) is 140 Å². The molecular formula is C33H30N2O2P2. The Hall–Kier alpha value is -3.68. The second-order valence-electron chi connectivity index (χ2n) is 9.86. The van der Waals surface area contributed by atoms with Crippen LogP contribution in [0.3, 0.4) is 0 Å². The average Bonchev–Trinajstić information content (AvgIpc) is 3.02. The Morgan fingerprint density at radius 2 is 0.949 bits per heavy atom. The van der Waals surface area contributed by atoms with E-state index in [-0.39, 0.29) is 0 Å². The molecule has 0 spiro atoms. The largest absolute Gasteiger partial charge is 0.398 e. The van der Waals surface area contributed by atoms with Crippen molar-refractivity contribution in [3.05, 3.63) is 151 Å². The molecule has 5 aromatic rings. The summed E-state index contributed by atoms with van der Waals surface area (Å²) in [5, 5.41) is 6.75. The molecule has 0 amide bonds. The SMILES string of the molecule is Nc1cccc2c1CC(P(=O)(c1ccccc1)c1ccccc1)NC2P(=O)(c1ccccc1)c1ccccc1. The van der Waals surface area contributed by atoms with Crippen molar-refractivity contribution >= 4 is 41.2 Å². The summed E-state index contributed by atoms with van der Waals surface area (Å²) >= 11 is 0. The minimum absolute atomic E-state index is 0.461. The molecule has 1 aliphatic rings. The third-order valence-corrected chi connectivity index (χ3v) is 14.3. The Morgan fingerprint density at radius 1 is 0.538 bits per heavy atom. The van der Waals surface area contributed by atoms with Crippen LogP contribution >= 0.6 is 14.3 Å². The Bertz CT molecular complexity index is 1590. The van der Waals surface area contributed by atoms with Crippen molar-refractivity contribution in [1.29, 1.82) is 0 Å². The van der Waals surface area contributed by atoms with Crippen LogP contribution in [0.4, 0.5) is 5.69 Å². The summed E-state index contributed by atoms with van der Waals surface area (Å²) in [4.78, 5) is 0. The molecule has 6 heteroatoms. The van der Waals surface area contributed by atoms with Crippen molar-refractivity contribution in [2.24, 2.45) is 0 Å². The Kier molecular flexibility index (Phi) is 6.87. The summed E-state index contributed by atoms with van der Waals surface area (Å²) in [7, 11) is -6.58. The van der Waals surface area contributed by atoms with E-state index in [4.69, 9.17) is 5.73 Å². The van der Waals surface area contributed by atoms with E-state index < -0.39 is 25.8 Å². The van der Waals surface area contributed by atoms with Gasteiger partial charge < -0.3 is 14.9 Å². The van der Waals surface area contributed by atoms with E-state index in [0.29, 0.717) is 12.1 Å². The number of benzene rings is 5. The predicted molar refractivity (Wildman–Crippen MR) is 164 cm³/mol. The summed E-state index contributed by atoms with van der Waals surface area (Å²) in [5.74, 6) is -1.12. The van der Waals surface area contributed by atoms with Crippen LogP contribution in [0.25, 0.3) is 0 Å². The highest BCUT2D eigenvalue weighted by Gasteiger charge is 2.47. The van der Waals surface area contributed by atoms with Gasteiger partial charge in [0.25, 0.3) is 0 Å². The molecule has 0 bridgehead atoms. The molecule has 4 nitrogen and oxygen atoms in total. The molecular weight excluding hydrogens is 518 g/mol. The fraction of sp³-hybridized carbons (Fsp3) is 0.0909. The molecule has 3 N–H and O–H groups in total. The lowest BCUT2D eigenvalue weighted by atomic mass is 9.99. The molecule has 0 saturated carbocycles. The minimum atomic E-state index is -3.33. The number of anilines is 1. The normalized spacial score (nSPS) is 17.3. The number of nitrogens with one attached hydrogen (secondary N) is 1. The molecule has 6 rings (SSSR count). The van der Waals surface area contributed by atoms with Gasteiger partial charge in [-0.05, 0) is 23.6 Å². The third kappa shape index (κ3) is 4.39. The van der Waals surface area contributed by atoms with Gasteiger partial charge in [0.2, 0.25) is 0 Å². The van der Waals surface area contributed by atoms with E-state index in [9.17, 15) is 0 Å². The van der Waals surface area contributed by atoms with Crippen molar-refractivity contribution in [2.45, 2.75) is 18.0 Å². The second kappa shape index (κ2) is 10.5. The molecule has 2 atom stereocenters. The molecule has 1 heterocycles. The summed E-state index contributed by atoms with van der Waals surface area (Å²) < 4.78 is 31.0. The molecule has 194 valence electrons. The summed E-state index contributed by atoms with van der Waals surface area (Å²) in [6.07, 6.45) is 0.461. The van der Waals surface area contributed by atoms with Gasteiger partial charge in [-0.15, -0.1) is 0 Å². The monoisotopic (exact) mass is 548 g/mol. The van der Waals surface area contributed by atoms with E-state index in [0.717, 1.165) is 32.3 Å². The van der Waals surface area contributed by atoms with Crippen LogP contribution in [0.5, 0.6) is 0 Å². The Balaban J connectivity index is 1.61. The lowest BCUT2D eigenvalue weighted by Crippen LogP contribution is -2.45. The highest BCUT2D eigenvalue weighted by Crippen LogP contribution is 2.61. The molecule has 1 aliphatic heterocycles. The lowest BCUT2D eigenvalue weighted by Gasteiger charge is -2.41. The van der Waals surface area contributed by atoms with E-state index in [1.807, 2.05) is 140 Å². The van der Waals surface area contributed by atoms with E-state index in [1.54, 1.807) is 0 Å². The Morgan fingerprint density at radius 3 is 1.38 bits per heavy atom. The van der Waals surface area contributed by atoms with E-state index in [2.05, 4.69) is 5.32 Å². The van der Waals surface area contributed by atoms with Crippen molar-refractivity contribution < 1.29 is 9.13 Å². The lowest BCUT2D eigenvalue weighted by molar-refractivity contribution is 0.512. The van der Waals surface area contributed by atoms with Crippen LogP contribution in [0, 0.1) is 0 Å². The first-order valence-electron chi connectivity index (χ1n) is 13.1. The molecule has 2 unspecified atom stereocenters. The summed E-state index contributed by atoms with van der Waals surface area (Å²) in [6.45, 7) is 0. The van der Waals surface area contributed by atoms with Crippen molar-refractivity contribution in [3.63, 3.8) is 0 Å². The first kappa shape index (κ1) is 25.6. The zero-order valence-corrected chi connectivity index (χ0v) is 23.2. The number of hydrogen-bond acceptors (Lipinski definition) is 4. The fourth-order valence-electron chi connectivity index (χ4n) is 5.73. The quantitative estimate of drug-likeness (QED) is 0.209. The zero-order chi connectivity index (χ0) is 26.9.